The van der Waals surface area contributed by atoms with E-state index in [1.807, 2.05) is 6.92 Å². The molecule has 2 aromatic rings. The van der Waals surface area contributed by atoms with Crippen LogP contribution in [0.5, 0.6) is 0 Å². The van der Waals surface area contributed by atoms with Crippen molar-refractivity contribution < 1.29 is 16.8 Å². The second-order valence-electron chi connectivity index (χ2n) is 4.94. The molecular weight excluding hydrogens is 324 g/mol. The number of nitrogens with two attached hydrogens (primary N) is 1. The van der Waals surface area contributed by atoms with Crippen molar-refractivity contribution in [3.63, 3.8) is 0 Å². The zero-order chi connectivity index (χ0) is 16.5. The third kappa shape index (κ3) is 3.65. The van der Waals surface area contributed by atoms with Crippen LogP contribution in [0.4, 0.5) is 5.69 Å². The van der Waals surface area contributed by atoms with E-state index in [-0.39, 0.29) is 15.5 Å². The predicted octanol–water partition coefficient (Wildman–Crippen LogP) is 1.75. The van der Waals surface area contributed by atoms with Crippen molar-refractivity contribution in [2.24, 2.45) is 5.14 Å². The van der Waals surface area contributed by atoms with Gasteiger partial charge in [-0.2, -0.15) is 0 Å². The molecule has 0 aromatic heterocycles. The van der Waals surface area contributed by atoms with E-state index >= 15 is 0 Å². The molecule has 0 bridgehead atoms. The molecule has 0 saturated heterocycles. The normalized spacial score (nSPS) is 12.1. The van der Waals surface area contributed by atoms with Gasteiger partial charge in [-0.25, -0.2) is 22.0 Å². The maximum absolute atomic E-state index is 12.4. The summed E-state index contributed by atoms with van der Waals surface area (Å²) in [6, 6.07) is 10.2. The van der Waals surface area contributed by atoms with Crippen LogP contribution in [-0.2, 0) is 20.0 Å². The number of anilines is 1. The van der Waals surface area contributed by atoms with E-state index in [9.17, 15) is 16.8 Å². The first-order valence-corrected chi connectivity index (χ1v) is 9.35. The molecule has 0 radical (unpaired) electrons. The van der Waals surface area contributed by atoms with Crippen LogP contribution in [0.15, 0.2) is 52.3 Å². The summed E-state index contributed by atoms with van der Waals surface area (Å²) in [5.41, 5.74) is 1.86. The van der Waals surface area contributed by atoms with Crippen LogP contribution in [0, 0.1) is 13.8 Å². The lowest BCUT2D eigenvalue weighted by Crippen LogP contribution is -2.15. The SMILES string of the molecule is Cc1ccc(S(=O)(=O)Nc2ccc(S(N)(=O)=O)cc2)c(C)c1. The Hall–Kier alpha value is -1.90. The molecule has 0 atom stereocenters. The second kappa shape index (κ2) is 5.71. The molecule has 118 valence electrons. The highest BCUT2D eigenvalue weighted by Gasteiger charge is 2.17. The number of hydrogen-bond acceptors (Lipinski definition) is 4. The Balaban J connectivity index is 2.33. The van der Waals surface area contributed by atoms with Gasteiger partial charge in [0.2, 0.25) is 10.0 Å². The van der Waals surface area contributed by atoms with E-state index in [0.717, 1.165) is 5.56 Å². The molecule has 0 aliphatic heterocycles. The molecule has 0 unspecified atom stereocenters. The number of benzene rings is 2. The zero-order valence-corrected chi connectivity index (χ0v) is 13.7. The van der Waals surface area contributed by atoms with Gasteiger partial charge in [0.1, 0.15) is 0 Å². The van der Waals surface area contributed by atoms with Crippen LogP contribution in [0.2, 0.25) is 0 Å². The molecule has 22 heavy (non-hydrogen) atoms. The molecule has 0 aliphatic rings. The van der Waals surface area contributed by atoms with Crippen molar-refractivity contribution in [2.75, 3.05) is 4.72 Å². The Labute approximate surface area is 130 Å². The Morgan fingerprint density at radius 1 is 0.909 bits per heavy atom. The molecule has 0 aliphatic carbocycles. The van der Waals surface area contributed by atoms with Crippen molar-refractivity contribution in [3.05, 3.63) is 53.6 Å². The largest absolute Gasteiger partial charge is 0.280 e. The second-order valence-corrected chi connectivity index (χ2v) is 8.16. The van der Waals surface area contributed by atoms with Crippen molar-refractivity contribution in [3.8, 4) is 0 Å². The summed E-state index contributed by atoms with van der Waals surface area (Å²) < 4.78 is 49.5. The molecular formula is C14H16N2O4S2. The summed E-state index contributed by atoms with van der Waals surface area (Å²) >= 11 is 0. The predicted molar refractivity (Wildman–Crippen MR) is 84.5 cm³/mol. The highest BCUT2D eigenvalue weighted by atomic mass is 32.2. The Morgan fingerprint density at radius 3 is 2.00 bits per heavy atom. The van der Waals surface area contributed by atoms with Gasteiger partial charge in [-0.05, 0) is 49.7 Å². The number of nitrogens with one attached hydrogen (secondary N) is 1. The first-order chi connectivity index (χ1) is 10.1. The fourth-order valence-electron chi connectivity index (χ4n) is 2.02. The van der Waals surface area contributed by atoms with E-state index in [0.29, 0.717) is 5.56 Å². The zero-order valence-electron chi connectivity index (χ0n) is 12.1. The van der Waals surface area contributed by atoms with Gasteiger partial charge in [-0.1, -0.05) is 17.7 Å². The smallest absolute Gasteiger partial charge is 0.262 e. The number of aryl methyl sites for hydroxylation is 2. The van der Waals surface area contributed by atoms with Gasteiger partial charge in [-0.15, -0.1) is 0 Å². The Morgan fingerprint density at radius 2 is 1.50 bits per heavy atom. The third-order valence-electron chi connectivity index (χ3n) is 3.06. The van der Waals surface area contributed by atoms with Crippen molar-refractivity contribution in [1.82, 2.24) is 0 Å². The molecule has 2 rings (SSSR count). The lowest BCUT2D eigenvalue weighted by atomic mass is 10.2. The molecule has 0 amide bonds. The average molecular weight is 340 g/mol. The van der Waals surface area contributed by atoms with E-state index in [2.05, 4.69) is 4.72 Å². The third-order valence-corrected chi connectivity index (χ3v) is 5.53. The van der Waals surface area contributed by atoms with E-state index in [4.69, 9.17) is 5.14 Å². The van der Waals surface area contributed by atoms with E-state index < -0.39 is 20.0 Å². The van der Waals surface area contributed by atoms with Crippen LogP contribution in [0.25, 0.3) is 0 Å². The van der Waals surface area contributed by atoms with Crippen molar-refractivity contribution in [2.45, 2.75) is 23.6 Å². The highest BCUT2D eigenvalue weighted by Crippen LogP contribution is 2.21. The molecule has 2 aromatic carbocycles. The quantitative estimate of drug-likeness (QED) is 0.884. The lowest BCUT2D eigenvalue weighted by molar-refractivity contribution is 0.597. The van der Waals surface area contributed by atoms with Gasteiger partial charge in [0.15, 0.2) is 0 Å². The maximum Gasteiger partial charge on any atom is 0.262 e. The van der Waals surface area contributed by atoms with Crippen molar-refractivity contribution in [1.29, 1.82) is 0 Å². The minimum absolute atomic E-state index is 0.0815. The topological polar surface area (TPSA) is 106 Å². The first kappa shape index (κ1) is 16.5. The molecule has 0 saturated carbocycles. The van der Waals surface area contributed by atoms with Crippen molar-refractivity contribution >= 4 is 25.7 Å². The van der Waals surface area contributed by atoms with Gasteiger partial charge >= 0.3 is 0 Å². The van der Waals surface area contributed by atoms with Gasteiger partial charge in [0.25, 0.3) is 10.0 Å². The summed E-state index contributed by atoms with van der Waals surface area (Å²) in [5.74, 6) is 0. The van der Waals surface area contributed by atoms with Gasteiger partial charge in [-0.3, -0.25) is 4.72 Å². The molecule has 8 heteroatoms. The fraction of sp³-hybridized carbons (Fsp3) is 0.143. The maximum atomic E-state index is 12.4. The van der Waals surface area contributed by atoms with Crippen LogP contribution in [0.1, 0.15) is 11.1 Å². The van der Waals surface area contributed by atoms with Crippen LogP contribution in [-0.4, -0.2) is 16.8 Å². The summed E-state index contributed by atoms with van der Waals surface area (Å²) in [6.07, 6.45) is 0. The first-order valence-electron chi connectivity index (χ1n) is 6.32. The number of sulfonamides is 2. The lowest BCUT2D eigenvalue weighted by Gasteiger charge is -2.11. The number of rotatable bonds is 4. The van der Waals surface area contributed by atoms with Gasteiger partial charge < -0.3 is 0 Å². The highest BCUT2D eigenvalue weighted by molar-refractivity contribution is 7.92. The standard InChI is InChI=1S/C14H16N2O4S2/c1-10-3-8-14(11(2)9-10)22(19,20)16-12-4-6-13(7-5-12)21(15,17)18/h3-9,16H,1-2H3,(H2,15,17,18). The molecule has 0 spiro atoms. The Kier molecular flexibility index (Phi) is 4.28. The van der Waals surface area contributed by atoms with E-state index in [1.165, 1.54) is 30.3 Å². The van der Waals surface area contributed by atoms with Gasteiger partial charge in [0.05, 0.1) is 9.79 Å². The fourth-order valence-corrected chi connectivity index (χ4v) is 3.83. The minimum Gasteiger partial charge on any atom is -0.280 e. The van der Waals surface area contributed by atoms with Gasteiger partial charge in [0, 0.05) is 5.69 Å². The van der Waals surface area contributed by atoms with Crippen LogP contribution < -0.4 is 9.86 Å². The molecule has 6 nitrogen and oxygen atoms in total. The summed E-state index contributed by atoms with van der Waals surface area (Å²) in [6.45, 7) is 3.59. The van der Waals surface area contributed by atoms with E-state index in [1.54, 1.807) is 19.1 Å². The molecule has 0 heterocycles. The van der Waals surface area contributed by atoms with Crippen LogP contribution in [0.3, 0.4) is 0 Å². The van der Waals surface area contributed by atoms with Crippen LogP contribution >= 0.6 is 0 Å². The summed E-state index contributed by atoms with van der Waals surface area (Å²) in [4.78, 5) is 0.0931. The Bertz CT molecular complexity index is 902. The summed E-state index contributed by atoms with van der Waals surface area (Å²) in [5, 5.41) is 4.99. The molecule has 3 N–H and O–H groups in total. The number of hydrogen-bond donors (Lipinski definition) is 2. The molecule has 0 fully saturated rings. The summed E-state index contributed by atoms with van der Waals surface area (Å²) in [7, 11) is -7.54. The average Bonchev–Trinajstić information content (AvgIpc) is 2.37. The minimum atomic E-state index is -3.80. The monoisotopic (exact) mass is 340 g/mol. The number of primary sulfonamides is 1.